The van der Waals surface area contributed by atoms with Gasteiger partial charge in [0, 0.05) is 25.4 Å². The predicted molar refractivity (Wildman–Crippen MR) is 91.3 cm³/mol. The summed E-state index contributed by atoms with van der Waals surface area (Å²) in [6.07, 6.45) is 2.94. The number of hydrogen-bond donors (Lipinski definition) is 3. The van der Waals surface area contributed by atoms with Crippen molar-refractivity contribution in [3.63, 3.8) is 0 Å². The number of amides is 2. The van der Waals surface area contributed by atoms with E-state index in [2.05, 4.69) is 15.6 Å². The van der Waals surface area contributed by atoms with E-state index in [1.54, 1.807) is 0 Å². The third kappa shape index (κ3) is 4.95. The van der Waals surface area contributed by atoms with Crippen LogP contribution in [0.1, 0.15) is 23.0 Å². The Hall–Kier alpha value is -3.15. The highest BCUT2D eigenvalue weighted by Crippen LogP contribution is 2.12. The van der Waals surface area contributed by atoms with E-state index in [0.717, 1.165) is 11.1 Å². The smallest absolute Gasteiger partial charge is 0.273 e. The second-order valence-electron chi connectivity index (χ2n) is 5.11. The monoisotopic (exact) mass is 325 g/mol. The van der Waals surface area contributed by atoms with Crippen molar-refractivity contribution in [2.75, 3.05) is 13.1 Å². The molecule has 0 saturated heterocycles. The SMILES string of the molecule is CC(=CC(=O)NCCNC(=O)c1ncccc1O)c1ccccc1. The quantitative estimate of drug-likeness (QED) is 0.557. The summed E-state index contributed by atoms with van der Waals surface area (Å²) >= 11 is 0. The van der Waals surface area contributed by atoms with Crippen molar-refractivity contribution in [3.05, 3.63) is 66.0 Å². The topological polar surface area (TPSA) is 91.3 Å². The molecule has 3 N–H and O–H groups in total. The second kappa shape index (κ2) is 8.47. The van der Waals surface area contributed by atoms with E-state index in [-0.39, 0.29) is 30.4 Å². The number of nitrogens with zero attached hydrogens (tertiary/aromatic N) is 1. The molecule has 0 aliphatic carbocycles. The van der Waals surface area contributed by atoms with Crippen LogP contribution >= 0.6 is 0 Å². The van der Waals surface area contributed by atoms with E-state index in [1.165, 1.54) is 24.4 Å². The highest BCUT2D eigenvalue weighted by atomic mass is 16.3. The molecule has 0 aliphatic heterocycles. The fraction of sp³-hybridized carbons (Fsp3) is 0.167. The summed E-state index contributed by atoms with van der Waals surface area (Å²) in [4.78, 5) is 27.5. The lowest BCUT2D eigenvalue weighted by Crippen LogP contribution is -2.34. The maximum Gasteiger partial charge on any atom is 0.273 e. The maximum atomic E-state index is 11.8. The van der Waals surface area contributed by atoms with Crippen LogP contribution in [-0.4, -0.2) is 35.0 Å². The number of hydrogen-bond acceptors (Lipinski definition) is 4. The van der Waals surface area contributed by atoms with Gasteiger partial charge in [0.15, 0.2) is 5.69 Å². The lowest BCUT2D eigenvalue weighted by molar-refractivity contribution is -0.116. The Bertz CT molecular complexity index is 742. The molecular formula is C18H19N3O3. The molecule has 2 aromatic rings. The maximum absolute atomic E-state index is 11.8. The molecule has 2 amide bonds. The zero-order valence-corrected chi connectivity index (χ0v) is 13.3. The minimum atomic E-state index is -0.488. The number of carbonyl (C=O) groups is 2. The fourth-order valence-electron chi connectivity index (χ4n) is 2.05. The van der Waals surface area contributed by atoms with E-state index < -0.39 is 5.91 Å². The van der Waals surface area contributed by atoms with Crippen molar-refractivity contribution < 1.29 is 14.7 Å². The third-order valence-corrected chi connectivity index (χ3v) is 3.29. The molecule has 124 valence electrons. The summed E-state index contributed by atoms with van der Waals surface area (Å²) < 4.78 is 0. The van der Waals surface area contributed by atoms with Gasteiger partial charge >= 0.3 is 0 Å². The summed E-state index contributed by atoms with van der Waals surface area (Å²) in [6.45, 7) is 2.37. The molecule has 0 spiro atoms. The number of nitrogens with one attached hydrogen (secondary N) is 2. The summed E-state index contributed by atoms with van der Waals surface area (Å²) in [7, 11) is 0. The first kappa shape index (κ1) is 17.2. The number of benzene rings is 1. The average Bonchev–Trinajstić information content (AvgIpc) is 2.59. The highest BCUT2D eigenvalue weighted by Gasteiger charge is 2.11. The summed E-state index contributed by atoms with van der Waals surface area (Å²) in [5.41, 5.74) is 1.80. The van der Waals surface area contributed by atoms with Gasteiger partial charge in [-0.3, -0.25) is 9.59 Å². The summed E-state index contributed by atoms with van der Waals surface area (Å²) in [5, 5.41) is 14.8. The molecule has 0 unspecified atom stereocenters. The van der Waals surface area contributed by atoms with Gasteiger partial charge in [-0.05, 0) is 30.2 Å². The molecule has 6 heteroatoms. The van der Waals surface area contributed by atoms with Gasteiger partial charge in [-0.1, -0.05) is 30.3 Å². The van der Waals surface area contributed by atoms with Crippen LogP contribution in [0.4, 0.5) is 0 Å². The number of pyridine rings is 1. The van der Waals surface area contributed by atoms with Crippen molar-refractivity contribution in [1.82, 2.24) is 15.6 Å². The molecule has 0 bridgehead atoms. The molecule has 0 radical (unpaired) electrons. The Morgan fingerprint density at radius 1 is 1.08 bits per heavy atom. The van der Waals surface area contributed by atoms with E-state index in [4.69, 9.17) is 0 Å². The minimum Gasteiger partial charge on any atom is -0.505 e. The lowest BCUT2D eigenvalue weighted by atomic mass is 10.1. The number of aromatic hydroxyl groups is 1. The minimum absolute atomic E-state index is 0.0383. The number of carbonyl (C=O) groups excluding carboxylic acids is 2. The molecule has 1 aromatic carbocycles. The molecule has 0 atom stereocenters. The van der Waals surface area contributed by atoms with Crippen molar-refractivity contribution in [3.8, 4) is 5.75 Å². The van der Waals surface area contributed by atoms with E-state index in [0.29, 0.717) is 0 Å². The van der Waals surface area contributed by atoms with Crippen LogP contribution in [0.25, 0.3) is 5.57 Å². The fourth-order valence-corrected chi connectivity index (χ4v) is 2.05. The van der Waals surface area contributed by atoms with Gasteiger partial charge in [-0.2, -0.15) is 0 Å². The van der Waals surface area contributed by atoms with Gasteiger partial charge in [0.05, 0.1) is 0 Å². The van der Waals surface area contributed by atoms with Gasteiger partial charge in [0.25, 0.3) is 5.91 Å². The molecule has 0 saturated carbocycles. The Balaban J connectivity index is 1.77. The molecule has 0 aliphatic rings. The van der Waals surface area contributed by atoms with E-state index >= 15 is 0 Å². The number of aromatic nitrogens is 1. The molecular weight excluding hydrogens is 306 g/mol. The molecule has 1 aromatic heterocycles. The van der Waals surface area contributed by atoms with Gasteiger partial charge in [-0.15, -0.1) is 0 Å². The van der Waals surface area contributed by atoms with Crippen molar-refractivity contribution in [1.29, 1.82) is 0 Å². The van der Waals surface area contributed by atoms with Crippen LogP contribution in [0, 0.1) is 0 Å². The predicted octanol–water partition coefficient (Wildman–Crippen LogP) is 1.74. The van der Waals surface area contributed by atoms with Gasteiger partial charge < -0.3 is 15.7 Å². The standard InChI is InChI=1S/C18H19N3O3/c1-13(14-6-3-2-4-7-14)12-16(23)19-10-11-21-18(24)17-15(22)8-5-9-20-17/h2-9,12,22H,10-11H2,1H3,(H,19,23)(H,21,24). The van der Waals surface area contributed by atoms with Gasteiger partial charge in [0.1, 0.15) is 5.75 Å². The van der Waals surface area contributed by atoms with Crippen molar-refractivity contribution in [2.45, 2.75) is 6.92 Å². The molecule has 24 heavy (non-hydrogen) atoms. The largest absolute Gasteiger partial charge is 0.505 e. The van der Waals surface area contributed by atoms with Gasteiger partial charge in [0.2, 0.25) is 5.91 Å². The number of allylic oxidation sites excluding steroid dienone is 1. The molecule has 0 fully saturated rings. The Morgan fingerprint density at radius 2 is 1.79 bits per heavy atom. The van der Waals surface area contributed by atoms with Crippen LogP contribution in [0.5, 0.6) is 5.75 Å². The summed E-state index contributed by atoms with van der Waals surface area (Å²) in [5.74, 6) is -0.898. The first-order chi connectivity index (χ1) is 11.6. The average molecular weight is 325 g/mol. The van der Waals surface area contributed by atoms with Crippen LogP contribution < -0.4 is 10.6 Å². The van der Waals surface area contributed by atoms with Crippen molar-refractivity contribution >= 4 is 17.4 Å². The van der Waals surface area contributed by atoms with Gasteiger partial charge in [-0.25, -0.2) is 4.98 Å². The number of rotatable bonds is 6. The normalized spacial score (nSPS) is 11.0. The first-order valence-electron chi connectivity index (χ1n) is 7.51. The van der Waals surface area contributed by atoms with Crippen LogP contribution in [0.3, 0.4) is 0 Å². The Morgan fingerprint density at radius 3 is 2.50 bits per heavy atom. The first-order valence-corrected chi connectivity index (χ1v) is 7.51. The third-order valence-electron chi connectivity index (χ3n) is 3.29. The Labute approximate surface area is 140 Å². The Kier molecular flexibility index (Phi) is 6.08. The molecule has 6 nitrogen and oxygen atoms in total. The molecule has 1 heterocycles. The lowest BCUT2D eigenvalue weighted by Gasteiger charge is -2.07. The second-order valence-corrected chi connectivity index (χ2v) is 5.11. The zero-order chi connectivity index (χ0) is 17.4. The zero-order valence-electron chi connectivity index (χ0n) is 13.3. The summed E-state index contributed by atoms with van der Waals surface area (Å²) in [6, 6.07) is 12.5. The van der Waals surface area contributed by atoms with E-state index in [1.807, 2.05) is 37.3 Å². The molecule has 2 rings (SSSR count). The van der Waals surface area contributed by atoms with Crippen LogP contribution in [-0.2, 0) is 4.79 Å². The van der Waals surface area contributed by atoms with Crippen LogP contribution in [0.15, 0.2) is 54.7 Å². The van der Waals surface area contributed by atoms with Crippen LogP contribution in [0.2, 0.25) is 0 Å². The van der Waals surface area contributed by atoms with Crippen molar-refractivity contribution in [2.24, 2.45) is 0 Å². The van der Waals surface area contributed by atoms with E-state index in [9.17, 15) is 14.7 Å². The highest BCUT2D eigenvalue weighted by molar-refractivity contribution is 5.95.